The lowest BCUT2D eigenvalue weighted by atomic mass is 10.00. The van der Waals surface area contributed by atoms with E-state index in [1.807, 2.05) is 18.2 Å². The lowest BCUT2D eigenvalue weighted by molar-refractivity contribution is -0.175. The van der Waals surface area contributed by atoms with Crippen LogP contribution in [0.5, 0.6) is 0 Å². The Balaban J connectivity index is 2.56. The summed E-state index contributed by atoms with van der Waals surface area (Å²) in [6, 6.07) is 8.98. The number of rotatable bonds is 5. The highest BCUT2D eigenvalue weighted by Crippen LogP contribution is 2.23. The lowest BCUT2D eigenvalue weighted by Crippen LogP contribution is -2.24. The van der Waals surface area contributed by atoms with E-state index < -0.39 is 5.79 Å². The molecule has 0 radical (unpaired) electrons. The zero-order valence-electron chi connectivity index (χ0n) is 8.61. The van der Waals surface area contributed by atoms with Gasteiger partial charge < -0.3 is 10.2 Å². The Morgan fingerprint density at radius 3 is 2.29 bits per heavy atom. The van der Waals surface area contributed by atoms with E-state index >= 15 is 0 Å². The third-order valence-corrected chi connectivity index (χ3v) is 2.37. The minimum absolute atomic E-state index is 0.408. The topological polar surface area (TPSA) is 40.5 Å². The fourth-order valence-corrected chi connectivity index (χ4v) is 1.47. The summed E-state index contributed by atoms with van der Waals surface area (Å²) in [5.41, 5.74) is 0.580. The van der Waals surface area contributed by atoms with Crippen molar-refractivity contribution in [2.24, 2.45) is 0 Å². The molecule has 0 spiro atoms. The summed E-state index contributed by atoms with van der Waals surface area (Å²) in [5, 5.41) is 19.5. The van der Waals surface area contributed by atoms with Gasteiger partial charge in [0.1, 0.15) is 0 Å². The van der Waals surface area contributed by atoms with Crippen molar-refractivity contribution < 1.29 is 10.2 Å². The van der Waals surface area contributed by atoms with Crippen LogP contribution in [-0.4, -0.2) is 10.2 Å². The van der Waals surface area contributed by atoms with Crippen molar-refractivity contribution >= 4 is 0 Å². The Labute approximate surface area is 85.2 Å². The van der Waals surface area contributed by atoms with Gasteiger partial charge in [0.15, 0.2) is 5.79 Å². The minimum Gasteiger partial charge on any atom is -0.362 e. The standard InChI is InChI=1S/C12H18O2/c1-2-3-7-10-12(13,14)11-8-5-4-6-9-11/h4-6,8-9,13-14H,2-3,7,10H2,1H3. The zero-order valence-corrected chi connectivity index (χ0v) is 8.61. The molecule has 78 valence electrons. The van der Waals surface area contributed by atoms with Gasteiger partial charge >= 0.3 is 0 Å². The Kier molecular flexibility index (Phi) is 4.11. The number of benzene rings is 1. The Morgan fingerprint density at radius 2 is 1.71 bits per heavy atom. The molecule has 1 aromatic rings. The largest absolute Gasteiger partial charge is 0.362 e. The minimum atomic E-state index is -1.66. The van der Waals surface area contributed by atoms with Crippen molar-refractivity contribution in [2.75, 3.05) is 0 Å². The van der Waals surface area contributed by atoms with E-state index in [9.17, 15) is 10.2 Å². The molecule has 14 heavy (non-hydrogen) atoms. The van der Waals surface area contributed by atoms with Crippen LogP contribution in [0.15, 0.2) is 30.3 Å². The Morgan fingerprint density at radius 1 is 1.07 bits per heavy atom. The molecule has 0 atom stereocenters. The number of aliphatic hydroxyl groups is 2. The van der Waals surface area contributed by atoms with Crippen molar-refractivity contribution in [2.45, 2.75) is 38.4 Å². The van der Waals surface area contributed by atoms with Gasteiger partial charge in [0.25, 0.3) is 0 Å². The monoisotopic (exact) mass is 194 g/mol. The van der Waals surface area contributed by atoms with Crippen LogP contribution in [0.25, 0.3) is 0 Å². The van der Waals surface area contributed by atoms with E-state index in [1.165, 1.54) is 0 Å². The SMILES string of the molecule is CCCCCC(O)(O)c1ccccc1. The molecule has 0 amide bonds. The van der Waals surface area contributed by atoms with E-state index in [1.54, 1.807) is 12.1 Å². The van der Waals surface area contributed by atoms with Crippen LogP contribution in [0, 0.1) is 0 Å². The predicted molar refractivity (Wildman–Crippen MR) is 56.7 cm³/mol. The fraction of sp³-hybridized carbons (Fsp3) is 0.500. The van der Waals surface area contributed by atoms with Gasteiger partial charge in [-0.3, -0.25) is 0 Å². The molecule has 1 aromatic carbocycles. The molecule has 0 bridgehead atoms. The molecule has 0 aliphatic rings. The van der Waals surface area contributed by atoms with Gasteiger partial charge in [-0.1, -0.05) is 50.1 Å². The summed E-state index contributed by atoms with van der Waals surface area (Å²) in [5.74, 6) is -1.66. The summed E-state index contributed by atoms with van der Waals surface area (Å²) in [6.45, 7) is 2.10. The molecular weight excluding hydrogens is 176 g/mol. The first-order chi connectivity index (χ1) is 6.67. The lowest BCUT2D eigenvalue weighted by Gasteiger charge is -2.21. The summed E-state index contributed by atoms with van der Waals surface area (Å²) in [6.07, 6.45) is 3.38. The highest BCUT2D eigenvalue weighted by molar-refractivity contribution is 5.19. The van der Waals surface area contributed by atoms with Gasteiger partial charge in [0, 0.05) is 12.0 Å². The average Bonchev–Trinajstić information content (AvgIpc) is 2.19. The first-order valence-corrected chi connectivity index (χ1v) is 5.17. The van der Waals surface area contributed by atoms with Crippen LogP contribution in [0.4, 0.5) is 0 Å². The molecular formula is C12H18O2. The number of hydrogen-bond acceptors (Lipinski definition) is 2. The first kappa shape index (κ1) is 11.2. The first-order valence-electron chi connectivity index (χ1n) is 5.17. The maximum Gasteiger partial charge on any atom is 0.189 e. The number of unbranched alkanes of at least 4 members (excludes halogenated alkanes) is 2. The van der Waals surface area contributed by atoms with Crippen LogP contribution in [0.2, 0.25) is 0 Å². The Hall–Kier alpha value is -0.860. The van der Waals surface area contributed by atoms with Crippen LogP contribution >= 0.6 is 0 Å². The van der Waals surface area contributed by atoms with E-state index in [0.717, 1.165) is 19.3 Å². The molecule has 0 heterocycles. The molecule has 2 nitrogen and oxygen atoms in total. The van der Waals surface area contributed by atoms with Crippen LogP contribution < -0.4 is 0 Å². The smallest absolute Gasteiger partial charge is 0.189 e. The highest BCUT2D eigenvalue weighted by Gasteiger charge is 2.24. The second-order valence-corrected chi connectivity index (χ2v) is 3.64. The van der Waals surface area contributed by atoms with Crippen molar-refractivity contribution in [1.29, 1.82) is 0 Å². The van der Waals surface area contributed by atoms with Gasteiger partial charge in [0.05, 0.1) is 0 Å². The summed E-state index contributed by atoms with van der Waals surface area (Å²) in [4.78, 5) is 0. The molecule has 0 saturated heterocycles. The Bertz CT molecular complexity index is 254. The molecule has 0 aliphatic carbocycles. The average molecular weight is 194 g/mol. The third kappa shape index (κ3) is 3.13. The van der Waals surface area contributed by atoms with Gasteiger partial charge in [-0.2, -0.15) is 0 Å². The molecule has 1 rings (SSSR count). The number of hydrogen-bond donors (Lipinski definition) is 2. The predicted octanol–water partition coefficient (Wildman–Crippen LogP) is 2.40. The second-order valence-electron chi connectivity index (χ2n) is 3.64. The van der Waals surface area contributed by atoms with Crippen LogP contribution in [0.1, 0.15) is 38.2 Å². The molecule has 2 heteroatoms. The maximum absolute atomic E-state index is 9.77. The fourth-order valence-electron chi connectivity index (χ4n) is 1.47. The second kappa shape index (κ2) is 5.13. The maximum atomic E-state index is 9.77. The van der Waals surface area contributed by atoms with Crippen molar-refractivity contribution in [3.05, 3.63) is 35.9 Å². The molecule has 0 aliphatic heterocycles. The zero-order chi connectivity index (χ0) is 10.4. The molecule has 0 fully saturated rings. The summed E-state index contributed by atoms with van der Waals surface area (Å²) >= 11 is 0. The van der Waals surface area contributed by atoms with Gasteiger partial charge in [0.2, 0.25) is 0 Å². The quantitative estimate of drug-likeness (QED) is 0.558. The van der Waals surface area contributed by atoms with Gasteiger partial charge in [-0.15, -0.1) is 0 Å². The van der Waals surface area contributed by atoms with E-state index in [-0.39, 0.29) is 0 Å². The van der Waals surface area contributed by atoms with Crippen molar-refractivity contribution in [3.63, 3.8) is 0 Å². The normalized spacial score (nSPS) is 11.6. The molecule has 0 aromatic heterocycles. The molecule has 0 saturated carbocycles. The summed E-state index contributed by atoms with van der Waals surface area (Å²) < 4.78 is 0. The van der Waals surface area contributed by atoms with Gasteiger partial charge in [-0.05, 0) is 6.42 Å². The highest BCUT2D eigenvalue weighted by atomic mass is 16.5. The van der Waals surface area contributed by atoms with Gasteiger partial charge in [-0.25, -0.2) is 0 Å². The van der Waals surface area contributed by atoms with Crippen molar-refractivity contribution in [3.8, 4) is 0 Å². The molecule has 0 unspecified atom stereocenters. The molecule has 2 N–H and O–H groups in total. The third-order valence-electron chi connectivity index (χ3n) is 2.37. The van der Waals surface area contributed by atoms with E-state index in [0.29, 0.717) is 12.0 Å². The van der Waals surface area contributed by atoms with E-state index in [2.05, 4.69) is 6.92 Å². The van der Waals surface area contributed by atoms with Crippen molar-refractivity contribution in [1.82, 2.24) is 0 Å². The van der Waals surface area contributed by atoms with Crippen LogP contribution in [-0.2, 0) is 5.79 Å². The van der Waals surface area contributed by atoms with E-state index in [4.69, 9.17) is 0 Å². The van der Waals surface area contributed by atoms with Crippen LogP contribution in [0.3, 0.4) is 0 Å². The summed E-state index contributed by atoms with van der Waals surface area (Å²) in [7, 11) is 0.